The predicted molar refractivity (Wildman–Crippen MR) is 124 cm³/mol. The van der Waals surface area contributed by atoms with Gasteiger partial charge in [-0.25, -0.2) is 0 Å². The third-order valence-corrected chi connectivity index (χ3v) is 15.7. The molecule has 0 bridgehead atoms. The molecule has 0 aliphatic carbocycles. The van der Waals surface area contributed by atoms with Crippen LogP contribution >= 0.6 is 22.6 Å². The van der Waals surface area contributed by atoms with Gasteiger partial charge in [0.15, 0.2) is 8.32 Å². The minimum absolute atomic E-state index is 0.203. The molecule has 0 amide bonds. The van der Waals surface area contributed by atoms with Gasteiger partial charge in [0.1, 0.15) is 5.75 Å². The highest BCUT2D eigenvalue weighted by molar-refractivity contribution is 14.1. The zero-order valence-corrected chi connectivity index (χ0v) is 21.6. The third kappa shape index (κ3) is 6.08. The van der Waals surface area contributed by atoms with Crippen LogP contribution in [0.2, 0.25) is 36.3 Å². The van der Waals surface area contributed by atoms with Gasteiger partial charge in [0.2, 0.25) is 8.32 Å². The van der Waals surface area contributed by atoms with E-state index in [-0.39, 0.29) is 11.1 Å². The second kappa shape index (κ2) is 9.37. The van der Waals surface area contributed by atoms with Gasteiger partial charge in [-0.2, -0.15) is 0 Å². The molecular formula is C20H37IO2Si2. The second-order valence-corrected chi connectivity index (χ2v) is 18.8. The molecule has 0 spiro atoms. The molecule has 0 heterocycles. The molecule has 0 fully saturated rings. The summed E-state index contributed by atoms with van der Waals surface area (Å²) in [7, 11) is -3.37. The van der Waals surface area contributed by atoms with Crippen LogP contribution in [0.3, 0.4) is 0 Å². The number of benzene rings is 1. The molecule has 5 heteroatoms. The highest BCUT2D eigenvalue weighted by atomic mass is 127. The van der Waals surface area contributed by atoms with Gasteiger partial charge in [0.25, 0.3) is 0 Å². The highest BCUT2D eigenvalue weighted by Crippen LogP contribution is 2.38. The number of hydrogen-bond acceptors (Lipinski definition) is 2. The Labute approximate surface area is 171 Å². The van der Waals surface area contributed by atoms with Crippen LogP contribution in [0.1, 0.15) is 53.2 Å². The van der Waals surface area contributed by atoms with E-state index in [2.05, 4.69) is 101 Å². The molecule has 0 aromatic heterocycles. The quantitative estimate of drug-likeness (QED) is 0.201. The van der Waals surface area contributed by atoms with Crippen molar-refractivity contribution < 1.29 is 8.85 Å². The van der Waals surface area contributed by atoms with Crippen molar-refractivity contribution in [3.63, 3.8) is 0 Å². The van der Waals surface area contributed by atoms with Crippen LogP contribution in [0.15, 0.2) is 24.3 Å². The summed E-state index contributed by atoms with van der Waals surface area (Å²) in [6, 6.07) is 12.2. The topological polar surface area (TPSA) is 18.5 Å². The maximum atomic E-state index is 6.72. The minimum Gasteiger partial charge on any atom is -0.544 e. The monoisotopic (exact) mass is 492 g/mol. The van der Waals surface area contributed by atoms with Crippen LogP contribution < -0.4 is 4.43 Å². The number of alkyl halides is 1. The van der Waals surface area contributed by atoms with Crippen LogP contribution in [0.25, 0.3) is 0 Å². The summed E-state index contributed by atoms with van der Waals surface area (Å²) in [4.78, 5) is 0. The first kappa shape index (κ1) is 23.2. The molecule has 0 saturated heterocycles. The van der Waals surface area contributed by atoms with Gasteiger partial charge < -0.3 is 8.85 Å². The molecular weight excluding hydrogens is 455 g/mol. The molecule has 0 radical (unpaired) electrons. The van der Waals surface area contributed by atoms with Crippen molar-refractivity contribution >= 4 is 39.2 Å². The largest absolute Gasteiger partial charge is 0.544 e. The molecule has 0 aliphatic rings. The number of halogens is 1. The van der Waals surface area contributed by atoms with Crippen LogP contribution in [0.5, 0.6) is 5.75 Å². The molecule has 0 N–H and O–H groups in total. The standard InChI is InChI=1S/C20H37IO2Si2/c1-9-25(10-2,11-3)23-19(16-21)17-12-14-18(15-13-17)22-24(7,8)20(4,5)6/h12-15,19H,9-11,16H2,1-8H3/t19-/m0/s1. The molecule has 0 saturated carbocycles. The molecule has 144 valence electrons. The van der Waals surface area contributed by atoms with E-state index in [1.165, 1.54) is 23.7 Å². The van der Waals surface area contributed by atoms with Gasteiger partial charge in [-0.05, 0) is 54.0 Å². The molecule has 1 rings (SSSR count). The summed E-state index contributed by atoms with van der Waals surface area (Å²) < 4.78 is 14.1. The first-order chi connectivity index (χ1) is 11.5. The Balaban J connectivity index is 2.93. The van der Waals surface area contributed by atoms with Gasteiger partial charge in [0, 0.05) is 4.43 Å². The Morgan fingerprint density at radius 1 is 0.960 bits per heavy atom. The van der Waals surface area contributed by atoms with E-state index in [0.29, 0.717) is 0 Å². The zero-order valence-electron chi connectivity index (χ0n) is 17.4. The van der Waals surface area contributed by atoms with Crippen molar-refractivity contribution in [2.45, 2.75) is 83.9 Å². The first-order valence-electron chi connectivity index (χ1n) is 9.57. The molecule has 0 unspecified atom stereocenters. The summed E-state index contributed by atoms with van der Waals surface area (Å²) in [5.41, 5.74) is 1.28. The van der Waals surface area contributed by atoms with E-state index in [1.54, 1.807) is 0 Å². The smallest absolute Gasteiger partial charge is 0.250 e. The van der Waals surface area contributed by atoms with Crippen LogP contribution in [-0.2, 0) is 4.43 Å². The van der Waals surface area contributed by atoms with Crippen molar-refractivity contribution in [2.75, 3.05) is 4.43 Å². The Hall–Kier alpha value is 0.144. The van der Waals surface area contributed by atoms with Crippen molar-refractivity contribution in [3.05, 3.63) is 29.8 Å². The van der Waals surface area contributed by atoms with E-state index in [0.717, 1.165) is 10.2 Å². The summed E-state index contributed by atoms with van der Waals surface area (Å²) in [5.74, 6) is 0.993. The van der Waals surface area contributed by atoms with E-state index in [9.17, 15) is 0 Å². The number of rotatable bonds is 9. The lowest BCUT2D eigenvalue weighted by atomic mass is 10.1. The van der Waals surface area contributed by atoms with Crippen LogP contribution in [0.4, 0.5) is 0 Å². The Morgan fingerprint density at radius 2 is 1.44 bits per heavy atom. The number of hydrogen-bond donors (Lipinski definition) is 0. The van der Waals surface area contributed by atoms with Crippen LogP contribution in [0, 0.1) is 0 Å². The molecule has 0 aliphatic heterocycles. The van der Waals surface area contributed by atoms with Gasteiger partial charge in [-0.3, -0.25) is 0 Å². The maximum Gasteiger partial charge on any atom is 0.250 e. The van der Waals surface area contributed by atoms with Crippen molar-refractivity contribution in [1.29, 1.82) is 0 Å². The molecule has 25 heavy (non-hydrogen) atoms. The van der Waals surface area contributed by atoms with Crippen molar-refractivity contribution in [2.24, 2.45) is 0 Å². The van der Waals surface area contributed by atoms with E-state index >= 15 is 0 Å². The minimum atomic E-state index is -1.78. The summed E-state index contributed by atoms with van der Waals surface area (Å²) >= 11 is 2.46. The molecule has 1 aromatic rings. The van der Waals surface area contributed by atoms with Gasteiger partial charge >= 0.3 is 0 Å². The van der Waals surface area contributed by atoms with E-state index in [1.807, 2.05) is 0 Å². The lowest BCUT2D eigenvalue weighted by Gasteiger charge is -2.36. The molecule has 2 nitrogen and oxygen atoms in total. The average Bonchev–Trinajstić information content (AvgIpc) is 2.56. The van der Waals surface area contributed by atoms with Gasteiger partial charge in [-0.1, -0.05) is 76.3 Å². The molecule has 1 aromatic carbocycles. The third-order valence-electron chi connectivity index (χ3n) is 5.90. The fourth-order valence-electron chi connectivity index (χ4n) is 2.69. The lowest BCUT2D eigenvalue weighted by molar-refractivity contribution is 0.217. The van der Waals surface area contributed by atoms with Crippen LogP contribution in [-0.4, -0.2) is 21.1 Å². The van der Waals surface area contributed by atoms with E-state index in [4.69, 9.17) is 8.85 Å². The fourth-order valence-corrected chi connectivity index (χ4v) is 7.57. The molecule has 1 atom stereocenters. The maximum absolute atomic E-state index is 6.72. The summed E-state index contributed by atoms with van der Waals surface area (Å²) in [6.45, 7) is 18.3. The Morgan fingerprint density at radius 3 is 1.80 bits per heavy atom. The summed E-state index contributed by atoms with van der Waals surface area (Å²) in [5, 5.41) is 0.216. The lowest BCUT2D eigenvalue weighted by Crippen LogP contribution is -2.43. The average molecular weight is 493 g/mol. The normalized spacial score (nSPS) is 14.4. The fraction of sp³-hybridized carbons (Fsp3) is 0.700. The zero-order chi connectivity index (χ0) is 19.3. The Bertz CT molecular complexity index is 511. The van der Waals surface area contributed by atoms with Gasteiger partial charge in [-0.15, -0.1) is 0 Å². The van der Waals surface area contributed by atoms with Crippen molar-refractivity contribution in [3.8, 4) is 5.75 Å². The van der Waals surface area contributed by atoms with Gasteiger partial charge in [0.05, 0.1) is 6.10 Å². The SMILES string of the molecule is CC[Si](CC)(CC)O[C@@H](CI)c1ccc(O[Si](C)(C)C(C)(C)C)cc1. The first-order valence-corrected chi connectivity index (χ1v) is 16.5. The second-order valence-electron chi connectivity index (χ2n) is 8.44. The highest BCUT2D eigenvalue weighted by Gasteiger charge is 2.39. The van der Waals surface area contributed by atoms with E-state index < -0.39 is 16.6 Å². The van der Waals surface area contributed by atoms with Crippen molar-refractivity contribution in [1.82, 2.24) is 0 Å². The summed E-state index contributed by atoms with van der Waals surface area (Å²) in [6.07, 6.45) is 0.203. The Kier molecular flexibility index (Phi) is 8.69. The predicted octanol–water partition coefficient (Wildman–Crippen LogP) is 7.57.